The summed E-state index contributed by atoms with van der Waals surface area (Å²) in [5, 5.41) is 25.1. The van der Waals surface area contributed by atoms with E-state index in [0.29, 0.717) is 51.6 Å². The van der Waals surface area contributed by atoms with Gasteiger partial charge in [-0.05, 0) is 56.1 Å². The smallest absolute Gasteiger partial charge is 0.407 e. The highest BCUT2D eigenvalue weighted by Crippen LogP contribution is 2.20. The molecule has 3 atom stereocenters. The molecular formula is C29H37N3O7. The van der Waals surface area contributed by atoms with Crippen molar-refractivity contribution in [2.24, 2.45) is 0 Å². The highest BCUT2D eigenvalue weighted by Gasteiger charge is 2.38. The molecule has 0 aliphatic carbocycles. The van der Waals surface area contributed by atoms with E-state index in [4.69, 9.17) is 4.74 Å². The predicted octanol–water partition coefficient (Wildman–Crippen LogP) is 3.20. The van der Waals surface area contributed by atoms with Crippen molar-refractivity contribution in [3.8, 4) is 0 Å². The van der Waals surface area contributed by atoms with Gasteiger partial charge in [-0.25, -0.2) is 9.59 Å². The van der Waals surface area contributed by atoms with Crippen molar-refractivity contribution in [2.75, 3.05) is 13.1 Å². The third-order valence-corrected chi connectivity index (χ3v) is 6.79. The van der Waals surface area contributed by atoms with Crippen LogP contribution in [-0.4, -0.2) is 70.3 Å². The van der Waals surface area contributed by atoms with Gasteiger partial charge in [0.05, 0.1) is 6.04 Å². The summed E-state index contributed by atoms with van der Waals surface area (Å²) in [4.78, 5) is 50.4. The van der Waals surface area contributed by atoms with Crippen molar-refractivity contribution >= 4 is 23.9 Å². The highest BCUT2D eigenvalue weighted by atomic mass is 16.5. The fourth-order valence-electron chi connectivity index (χ4n) is 4.68. The van der Waals surface area contributed by atoms with Crippen molar-refractivity contribution < 1.29 is 34.1 Å². The first-order valence-electron chi connectivity index (χ1n) is 13.4. The molecule has 1 saturated heterocycles. The fraction of sp³-hybridized carbons (Fsp3) is 0.448. The van der Waals surface area contributed by atoms with Crippen LogP contribution in [0.25, 0.3) is 0 Å². The number of carbonyl (C=O) groups excluding carboxylic acids is 2. The molecule has 10 nitrogen and oxygen atoms in total. The third-order valence-electron chi connectivity index (χ3n) is 6.79. The Bertz CT molecular complexity index is 1080. The lowest BCUT2D eigenvalue weighted by Gasteiger charge is -2.29. The minimum Gasteiger partial charge on any atom is -0.480 e. The zero-order chi connectivity index (χ0) is 28.0. The van der Waals surface area contributed by atoms with Crippen molar-refractivity contribution in [1.29, 1.82) is 0 Å². The van der Waals surface area contributed by atoms with Crippen LogP contribution in [0.3, 0.4) is 0 Å². The number of nitrogens with one attached hydrogen (secondary N) is 2. The van der Waals surface area contributed by atoms with Gasteiger partial charge in [0.2, 0.25) is 5.91 Å². The summed E-state index contributed by atoms with van der Waals surface area (Å²) in [6.07, 6.45) is 2.56. The summed E-state index contributed by atoms with van der Waals surface area (Å²) in [5.74, 6) is -2.53. The molecule has 10 heteroatoms. The Kier molecular flexibility index (Phi) is 11.8. The van der Waals surface area contributed by atoms with E-state index in [0.717, 1.165) is 11.1 Å². The highest BCUT2D eigenvalue weighted by molar-refractivity contribution is 5.88. The molecular weight excluding hydrogens is 502 g/mol. The number of hydrogen-bond acceptors (Lipinski definition) is 6. The lowest BCUT2D eigenvalue weighted by atomic mass is 10.0. The first kappa shape index (κ1) is 29.6. The van der Waals surface area contributed by atoms with Gasteiger partial charge in [-0.2, -0.15) is 0 Å². The number of hydrogen-bond donors (Lipinski definition) is 4. The van der Waals surface area contributed by atoms with Gasteiger partial charge in [0.25, 0.3) is 0 Å². The number of carboxylic acid groups (broad SMARTS) is 2. The summed E-state index contributed by atoms with van der Waals surface area (Å²) >= 11 is 0. The average molecular weight is 540 g/mol. The summed E-state index contributed by atoms with van der Waals surface area (Å²) in [7, 11) is 0. The van der Waals surface area contributed by atoms with Gasteiger partial charge >= 0.3 is 18.0 Å². The van der Waals surface area contributed by atoms with Gasteiger partial charge in [0.15, 0.2) is 0 Å². The van der Waals surface area contributed by atoms with E-state index in [1.807, 2.05) is 60.7 Å². The number of aryl methyl sites for hydroxylation is 1. The van der Waals surface area contributed by atoms with E-state index in [2.05, 4.69) is 10.6 Å². The molecule has 0 radical (unpaired) electrons. The van der Waals surface area contributed by atoms with Crippen LogP contribution in [0.4, 0.5) is 4.79 Å². The van der Waals surface area contributed by atoms with Crippen molar-refractivity contribution in [1.82, 2.24) is 15.5 Å². The maximum absolute atomic E-state index is 13.4. The van der Waals surface area contributed by atoms with Gasteiger partial charge in [0, 0.05) is 13.1 Å². The van der Waals surface area contributed by atoms with E-state index >= 15 is 0 Å². The second-order valence-corrected chi connectivity index (χ2v) is 9.65. The summed E-state index contributed by atoms with van der Waals surface area (Å²) in [5.41, 5.74) is 1.87. The second kappa shape index (κ2) is 15.5. The quantitative estimate of drug-likeness (QED) is 0.253. The number of nitrogens with zero attached hydrogens (tertiary/aromatic N) is 1. The normalized spacial score (nSPS) is 16.3. The number of ether oxygens (including phenoxy) is 1. The number of alkyl carbamates (subject to hydrolysis) is 1. The van der Waals surface area contributed by atoms with Crippen LogP contribution < -0.4 is 10.6 Å². The molecule has 0 unspecified atom stereocenters. The first-order valence-corrected chi connectivity index (χ1v) is 13.4. The molecule has 1 fully saturated rings. The largest absolute Gasteiger partial charge is 0.480 e. The molecule has 1 aliphatic heterocycles. The van der Waals surface area contributed by atoms with Crippen LogP contribution in [-0.2, 0) is 32.1 Å². The lowest BCUT2D eigenvalue weighted by molar-refractivity contribution is -0.149. The van der Waals surface area contributed by atoms with Crippen LogP contribution in [0.1, 0.15) is 49.7 Å². The number of rotatable bonds is 15. The van der Waals surface area contributed by atoms with Crippen molar-refractivity contribution in [3.05, 3.63) is 71.8 Å². The molecule has 1 heterocycles. The van der Waals surface area contributed by atoms with E-state index < -0.39 is 42.1 Å². The van der Waals surface area contributed by atoms with E-state index in [9.17, 15) is 29.4 Å². The monoisotopic (exact) mass is 539 g/mol. The molecule has 2 amide bonds. The van der Waals surface area contributed by atoms with Gasteiger partial charge < -0.3 is 25.2 Å². The Balaban J connectivity index is 1.54. The zero-order valence-electron chi connectivity index (χ0n) is 22.0. The molecule has 3 rings (SSSR count). The van der Waals surface area contributed by atoms with Crippen LogP contribution in [0.5, 0.6) is 0 Å². The van der Waals surface area contributed by atoms with E-state index in [1.165, 1.54) is 4.90 Å². The molecule has 0 spiro atoms. The number of likely N-dealkylation sites (tertiary alicyclic amines) is 1. The summed E-state index contributed by atoms with van der Waals surface area (Å²) < 4.78 is 5.19. The first-order chi connectivity index (χ1) is 18.8. The number of aliphatic carboxylic acids is 2. The maximum Gasteiger partial charge on any atom is 0.407 e. The number of benzene rings is 2. The van der Waals surface area contributed by atoms with Crippen LogP contribution in [0.15, 0.2) is 60.7 Å². The van der Waals surface area contributed by atoms with E-state index in [1.54, 1.807) is 0 Å². The minimum absolute atomic E-state index is 0.160. The van der Waals surface area contributed by atoms with Crippen molar-refractivity contribution in [3.63, 3.8) is 0 Å². The van der Waals surface area contributed by atoms with Gasteiger partial charge in [-0.1, -0.05) is 60.7 Å². The molecule has 2 aromatic carbocycles. The number of carboxylic acids is 2. The van der Waals surface area contributed by atoms with Crippen LogP contribution >= 0.6 is 0 Å². The predicted molar refractivity (Wildman–Crippen MR) is 144 cm³/mol. The fourth-order valence-corrected chi connectivity index (χ4v) is 4.68. The Morgan fingerprint density at radius 1 is 0.897 bits per heavy atom. The topological polar surface area (TPSA) is 145 Å². The molecule has 4 N–H and O–H groups in total. The average Bonchev–Trinajstić information content (AvgIpc) is 3.44. The Hall–Kier alpha value is -3.92. The molecule has 0 bridgehead atoms. The van der Waals surface area contributed by atoms with Gasteiger partial charge in [-0.3, -0.25) is 14.9 Å². The van der Waals surface area contributed by atoms with Gasteiger partial charge in [-0.15, -0.1) is 0 Å². The molecule has 2 aromatic rings. The third kappa shape index (κ3) is 9.72. The Morgan fingerprint density at radius 2 is 1.56 bits per heavy atom. The van der Waals surface area contributed by atoms with Crippen molar-refractivity contribution in [2.45, 2.75) is 69.7 Å². The second-order valence-electron chi connectivity index (χ2n) is 9.65. The summed E-state index contributed by atoms with van der Waals surface area (Å²) in [6, 6.07) is 16.1. The number of unbranched alkanes of at least 4 members (excludes halogenated alkanes) is 1. The lowest BCUT2D eigenvalue weighted by Crippen LogP contribution is -2.54. The maximum atomic E-state index is 13.4. The Labute approximate surface area is 228 Å². The molecule has 0 aromatic heterocycles. The molecule has 210 valence electrons. The summed E-state index contributed by atoms with van der Waals surface area (Å²) in [6.45, 7) is 0.810. The molecule has 39 heavy (non-hydrogen) atoms. The molecule has 0 saturated carbocycles. The Morgan fingerprint density at radius 3 is 2.21 bits per heavy atom. The SMILES string of the molecule is O=C(NCCCC[C@H](N[C@H](CCc1ccccc1)C(=O)O)C(=O)N1CCC[C@@H]1C(=O)O)OCc1ccccc1. The standard InChI is InChI=1S/C29H37N3O7/c33-26(32-19-9-15-25(32)28(36)37)23(31-24(27(34)35)17-16-21-10-3-1-4-11-21)14-7-8-18-30-29(38)39-20-22-12-5-2-6-13-22/h1-6,10-13,23-25,31H,7-9,14-20H2,(H,30,38)(H,34,35)(H,36,37)/t23-,24+,25+/m0/s1. The number of amides is 2. The minimum atomic E-state index is -1.07. The zero-order valence-corrected chi connectivity index (χ0v) is 22.0. The van der Waals surface area contributed by atoms with Crippen LogP contribution in [0.2, 0.25) is 0 Å². The van der Waals surface area contributed by atoms with Crippen LogP contribution in [0, 0.1) is 0 Å². The molecule has 1 aliphatic rings. The van der Waals surface area contributed by atoms with Gasteiger partial charge in [0.1, 0.15) is 18.7 Å². The van der Waals surface area contributed by atoms with E-state index in [-0.39, 0.29) is 13.0 Å². The number of carbonyl (C=O) groups is 4.